The molecular formula is C21H21FN4O2. The second-order valence-electron chi connectivity index (χ2n) is 6.88. The largest absolute Gasteiger partial charge is 0.493 e. The Morgan fingerprint density at radius 1 is 1.18 bits per heavy atom. The first-order valence-corrected chi connectivity index (χ1v) is 9.32. The van der Waals surface area contributed by atoms with Gasteiger partial charge in [0.1, 0.15) is 24.2 Å². The lowest BCUT2D eigenvalue weighted by Gasteiger charge is -2.33. The van der Waals surface area contributed by atoms with Crippen LogP contribution in [0, 0.1) is 11.7 Å². The summed E-state index contributed by atoms with van der Waals surface area (Å²) in [4.78, 5) is 19.0. The molecule has 1 amide bonds. The molecule has 1 unspecified atom stereocenters. The normalized spacial score (nSPS) is 16.8. The van der Waals surface area contributed by atoms with Gasteiger partial charge < -0.3 is 9.64 Å². The van der Waals surface area contributed by atoms with Crippen molar-refractivity contribution in [3.05, 3.63) is 72.6 Å². The van der Waals surface area contributed by atoms with E-state index in [-0.39, 0.29) is 17.6 Å². The van der Waals surface area contributed by atoms with Crippen LogP contribution in [0.1, 0.15) is 23.2 Å². The molecule has 1 atom stereocenters. The van der Waals surface area contributed by atoms with Crippen molar-refractivity contribution in [2.45, 2.75) is 12.8 Å². The van der Waals surface area contributed by atoms with E-state index in [1.807, 2.05) is 29.2 Å². The standard InChI is InChI=1S/C21H21FN4O2/c22-17-7-9-18(10-8-17)28-13-16-4-3-11-25(12-16)21(27)19-5-1-2-6-20(19)26-15-23-14-24-26/h1-2,5-10,14-16H,3-4,11-13H2. The van der Waals surface area contributed by atoms with Crippen LogP contribution < -0.4 is 4.74 Å². The van der Waals surface area contributed by atoms with Gasteiger partial charge in [-0.25, -0.2) is 14.1 Å². The fourth-order valence-electron chi connectivity index (χ4n) is 3.49. The van der Waals surface area contributed by atoms with Gasteiger partial charge in [-0.3, -0.25) is 4.79 Å². The average Bonchev–Trinajstić information content (AvgIpc) is 3.28. The average molecular weight is 380 g/mol. The maximum atomic E-state index is 13.2. The minimum absolute atomic E-state index is 0.0161. The van der Waals surface area contributed by atoms with Crippen molar-refractivity contribution in [2.75, 3.05) is 19.7 Å². The van der Waals surface area contributed by atoms with E-state index < -0.39 is 0 Å². The number of rotatable bonds is 5. The first-order chi connectivity index (χ1) is 13.7. The van der Waals surface area contributed by atoms with E-state index >= 15 is 0 Å². The predicted octanol–water partition coefficient (Wildman–Crippen LogP) is 3.34. The molecule has 6 nitrogen and oxygen atoms in total. The third-order valence-electron chi connectivity index (χ3n) is 4.91. The molecule has 1 aliphatic heterocycles. The highest BCUT2D eigenvalue weighted by atomic mass is 19.1. The third-order valence-corrected chi connectivity index (χ3v) is 4.91. The topological polar surface area (TPSA) is 60.2 Å². The molecule has 1 fully saturated rings. The van der Waals surface area contributed by atoms with E-state index in [2.05, 4.69) is 10.1 Å². The van der Waals surface area contributed by atoms with Gasteiger partial charge in [-0.15, -0.1) is 0 Å². The molecule has 3 aromatic rings. The Morgan fingerprint density at radius 3 is 2.79 bits per heavy atom. The number of benzene rings is 2. The lowest BCUT2D eigenvalue weighted by molar-refractivity contribution is 0.0633. The van der Waals surface area contributed by atoms with Gasteiger partial charge in [-0.05, 0) is 49.2 Å². The molecule has 28 heavy (non-hydrogen) atoms. The van der Waals surface area contributed by atoms with E-state index in [0.29, 0.717) is 24.5 Å². The van der Waals surface area contributed by atoms with Crippen molar-refractivity contribution in [3.63, 3.8) is 0 Å². The van der Waals surface area contributed by atoms with E-state index in [4.69, 9.17) is 4.74 Å². The van der Waals surface area contributed by atoms with Crippen LogP contribution >= 0.6 is 0 Å². The van der Waals surface area contributed by atoms with E-state index in [1.54, 1.807) is 23.1 Å². The van der Waals surface area contributed by atoms with Gasteiger partial charge in [0.25, 0.3) is 5.91 Å². The Kier molecular flexibility index (Phi) is 5.32. The number of para-hydroxylation sites is 1. The summed E-state index contributed by atoms with van der Waals surface area (Å²) in [7, 11) is 0. The molecule has 1 aliphatic rings. The number of halogens is 1. The zero-order valence-corrected chi connectivity index (χ0v) is 15.4. The van der Waals surface area contributed by atoms with Gasteiger partial charge in [0, 0.05) is 19.0 Å². The van der Waals surface area contributed by atoms with Crippen molar-refractivity contribution >= 4 is 5.91 Å². The molecule has 4 rings (SSSR count). The molecule has 0 spiro atoms. The van der Waals surface area contributed by atoms with Crippen molar-refractivity contribution in [3.8, 4) is 11.4 Å². The highest BCUT2D eigenvalue weighted by Gasteiger charge is 2.26. The third kappa shape index (κ3) is 4.03. The Morgan fingerprint density at radius 2 is 2.00 bits per heavy atom. The van der Waals surface area contributed by atoms with Crippen molar-refractivity contribution in [1.29, 1.82) is 0 Å². The molecule has 2 aromatic carbocycles. The second kappa shape index (κ2) is 8.21. The smallest absolute Gasteiger partial charge is 0.256 e. The summed E-state index contributed by atoms with van der Waals surface area (Å²) in [6, 6.07) is 13.4. The summed E-state index contributed by atoms with van der Waals surface area (Å²) in [5.41, 5.74) is 1.32. The number of piperidine rings is 1. The number of hydrogen-bond donors (Lipinski definition) is 0. The number of carbonyl (C=O) groups is 1. The number of amides is 1. The molecule has 1 aromatic heterocycles. The van der Waals surface area contributed by atoms with Crippen LogP contribution in [-0.2, 0) is 0 Å². The van der Waals surface area contributed by atoms with Gasteiger partial charge >= 0.3 is 0 Å². The van der Waals surface area contributed by atoms with Gasteiger partial charge in [-0.2, -0.15) is 5.10 Å². The Balaban J connectivity index is 1.43. The lowest BCUT2D eigenvalue weighted by atomic mass is 9.98. The van der Waals surface area contributed by atoms with Crippen LogP contribution in [0.3, 0.4) is 0 Å². The zero-order chi connectivity index (χ0) is 19.3. The SMILES string of the molecule is O=C(c1ccccc1-n1cncn1)N1CCCC(COc2ccc(F)cc2)C1. The molecule has 0 bridgehead atoms. The maximum Gasteiger partial charge on any atom is 0.256 e. The molecule has 0 saturated carbocycles. The Bertz CT molecular complexity index is 928. The Hall–Kier alpha value is -3.22. The number of likely N-dealkylation sites (tertiary alicyclic amines) is 1. The minimum Gasteiger partial charge on any atom is -0.493 e. The Labute approximate surface area is 162 Å². The van der Waals surface area contributed by atoms with Gasteiger partial charge in [0.05, 0.1) is 17.9 Å². The minimum atomic E-state index is -0.284. The molecule has 7 heteroatoms. The quantitative estimate of drug-likeness (QED) is 0.681. The fourth-order valence-corrected chi connectivity index (χ4v) is 3.49. The number of aromatic nitrogens is 3. The van der Waals surface area contributed by atoms with Crippen LogP contribution in [0.2, 0.25) is 0 Å². The first kappa shape index (κ1) is 18.2. The summed E-state index contributed by atoms with van der Waals surface area (Å²) >= 11 is 0. The summed E-state index contributed by atoms with van der Waals surface area (Å²) in [6.45, 7) is 1.85. The van der Waals surface area contributed by atoms with Gasteiger partial charge in [0.2, 0.25) is 0 Å². The molecular weight excluding hydrogens is 359 g/mol. The van der Waals surface area contributed by atoms with Gasteiger partial charge in [-0.1, -0.05) is 12.1 Å². The van der Waals surface area contributed by atoms with Crippen LogP contribution in [0.4, 0.5) is 4.39 Å². The van der Waals surface area contributed by atoms with Crippen LogP contribution in [0.5, 0.6) is 5.75 Å². The highest BCUT2D eigenvalue weighted by molar-refractivity contribution is 5.97. The van der Waals surface area contributed by atoms with Crippen molar-refractivity contribution in [1.82, 2.24) is 19.7 Å². The number of carbonyl (C=O) groups excluding carboxylic acids is 1. The number of nitrogens with zero attached hydrogens (tertiary/aromatic N) is 4. The first-order valence-electron chi connectivity index (χ1n) is 9.32. The zero-order valence-electron chi connectivity index (χ0n) is 15.4. The number of ether oxygens (including phenoxy) is 1. The van der Waals surface area contributed by atoms with E-state index in [1.165, 1.54) is 18.5 Å². The van der Waals surface area contributed by atoms with Crippen LogP contribution in [0.25, 0.3) is 5.69 Å². The summed E-state index contributed by atoms with van der Waals surface area (Å²) in [5.74, 6) is 0.577. The summed E-state index contributed by atoms with van der Waals surface area (Å²) in [5, 5.41) is 4.15. The van der Waals surface area contributed by atoms with E-state index in [0.717, 1.165) is 25.1 Å². The van der Waals surface area contributed by atoms with Gasteiger partial charge in [0.15, 0.2) is 0 Å². The summed E-state index contributed by atoms with van der Waals surface area (Å²) < 4.78 is 20.4. The monoisotopic (exact) mass is 380 g/mol. The predicted molar refractivity (Wildman–Crippen MR) is 102 cm³/mol. The molecule has 1 saturated heterocycles. The van der Waals surface area contributed by atoms with Crippen LogP contribution in [0.15, 0.2) is 61.2 Å². The fraction of sp³-hybridized carbons (Fsp3) is 0.286. The highest BCUT2D eigenvalue weighted by Crippen LogP contribution is 2.22. The second-order valence-corrected chi connectivity index (χ2v) is 6.88. The maximum absolute atomic E-state index is 13.2. The number of hydrogen-bond acceptors (Lipinski definition) is 4. The lowest BCUT2D eigenvalue weighted by Crippen LogP contribution is -2.41. The molecule has 0 N–H and O–H groups in total. The van der Waals surface area contributed by atoms with Crippen LogP contribution in [-0.4, -0.2) is 45.3 Å². The molecule has 2 heterocycles. The van der Waals surface area contributed by atoms with E-state index in [9.17, 15) is 9.18 Å². The summed E-state index contributed by atoms with van der Waals surface area (Å²) in [6.07, 6.45) is 4.96. The molecule has 0 radical (unpaired) electrons. The molecule has 0 aliphatic carbocycles. The molecule has 144 valence electrons. The van der Waals surface area contributed by atoms with Crippen molar-refractivity contribution < 1.29 is 13.9 Å². The van der Waals surface area contributed by atoms with Crippen molar-refractivity contribution in [2.24, 2.45) is 5.92 Å².